The molecule has 1 aromatic heterocycles. The van der Waals surface area contributed by atoms with Crippen LogP contribution in [-0.4, -0.2) is 51.5 Å². The summed E-state index contributed by atoms with van der Waals surface area (Å²) in [6.07, 6.45) is -1.77. The molecule has 0 amide bonds. The number of hydrogen-bond donors (Lipinski definition) is 1. The van der Waals surface area contributed by atoms with E-state index in [9.17, 15) is 18.0 Å². The van der Waals surface area contributed by atoms with Crippen molar-refractivity contribution >= 4 is 58.0 Å². The summed E-state index contributed by atoms with van der Waals surface area (Å²) in [5, 5.41) is 9.41. The molecule has 0 aliphatic heterocycles. The second-order valence-electron chi connectivity index (χ2n) is 9.28. The van der Waals surface area contributed by atoms with Crippen molar-refractivity contribution in [3.63, 3.8) is 0 Å². The van der Waals surface area contributed by atoms with Gasteiger partial charge in [-0.05, 0) is 41.6 Å². The largest absolute Gasteiger partial charge is 0.573 e. The molecule has 45 heavy (non-hydrogen) atoms. The number of ether oxygens (including phenoxy) is 3. The van der Waals surface area contributed by atoms with Gasteiger partial charge >= 0.3 is 12.3 Å². The van der Waals surface area contributed by atoms with Crippen molar-refractivity contribution in [2.24, 2.45) is 16.0 Å². The Bertz CT molecular complexity index is 1660. The maximum atomic E-state index is 12.4. The van der Waals surface area contributed by atoms with Crippen LogP contribution in [0, 0.1) is 5.92 Å². The van der Waals surface area contributed by atoms with Crippen molar-refractivity contribution in [3.8, 4) is 28.6 Å². The Kier molecular flexibility index (Phi) is 11.3. The number of aromatic nitrogens is 3. The van der Waals surface area contributed by atoms with Gasteiger partial charge in [0.1, 0.15) is 29.5 Å². The first-order chi connectivity index (χ1) is 21.4. The first kappa shape index (κ1) is 33.6. The fourth-order valence-corrected chi connectivity index (χ4v) is 4.58. The lowest BCUT2D eigenvalue weighted by molar-refractivity contribution is -0.274. The van der Waals surface area contributed by atoms with Gasteiger partial charge in [0.05, 0.1) is 35.0 Å². The van der Waals surface area contributed by atoms with Gasteiger partial charge in [-0.25, -0.2) is 14.7 Å². The average molecular weight is 682 g/mol. The summed E-state index contributed by atoms with van der Waals surface area (Å²) >= 11 is 13.8. The van der Waals surface area contributed by atoms with Crippen molar-refractivity contribution in [1.82, 2.24) is 20.2 Å². The van der Waals surface area contributed by atoms with Crippen LogP contribution >= 0.6 is 35.0 Å². The molecule has 0 spiro atoms. The zero-order valence-corrected chi connectivity index (χ0v) is 26.2. The summed E-state index contributed by atoms with van der Waals surface area (Å²) in [7, 11) is 1.49. The average Bonchev–Trinajstić information content (AvgIpc) is 3.48. The molecule has 10 nitrogen and oxygen atoms in total. The van der Waals surface area contributed by atoms with Crippen molar-refractivity contribution in [3.05, 3.63) is 82.6 Å². The van der Waals surface area contributed by atoms with Crippen molar-refractivity contribution < 1.29 is 32.2 Å². The maximum Gasteiger partial charge on any atom is 0.573 e. The first-order valence-corrected chi connectivity index (χ1v) is 14.7. The summed E-state index contributed by atoms with van der Waals surface area (Å²) in [5.74, 6) is -0.139. The Labute approximate surface area is 270 Å². The number of amidine groups is 1. The van der Waals surface area contributed by atoms with E-state index in [1.165, 1.54) is 42.4 Å². The molecule has 0 aliphatic carbocycles. The van der Waals surface area contributed by atoms with Crippen LogP contribution in [0.1, 0.15) is 19.4 Å². The molecule has 236 valence electrons. The first-order valence-electron chi connectivity index (χ1n) is 13.0. The minimum atomic E-state index is -4.77. The summed E-state index contributed by atoms with van der Waals surface area (Å²) in [5.41, 5.74) is 5.04. The molecule has 0 radical (unpaired) electrons. The predicted molar refractivity (Wildman–Crippen MR) is 168 cm³/mol. The number of methoxy groups -OCH3 is 1. The summed E-state index contributed by atoms with van der Waals surface area (Å²) in [6, 6.07) is 15.5. The standard InChI is InChI=1S/C29H25Cl2F3N6O4S/c1-17(2)27(41)43-16-45-28(37-25-23(30)12-22(42-3)13-24(25)31)38-36-14-18-4-6-19(7-5-18)26-35-15-40(39-26)20-8-10-21(11-9-20)44-29(32,33)34/h4-15,17H,16H2,1-3H3,(H,37,38)/b36-14-. The highest BCUT2D eigenvalue weighted by Crippen LogP contribution is 2.37. The molecule has 0 atom stereocenters. The molecule has 0 unspecified atom stereocenters. The van der Waals surface area contributed by atoms with Gasteiger partial charge < -0.3 is 14.2 Å². The minimum absolute atomic E-state index is 0.0242. The smallest absolute Gasteiger partial charge is 0.497 e. The molecule has 0 saturated carbocycles. The summed E-state index contributed by atoms with van der Waals surface area (Å²) in [6.45, 7) is 3.46. The van der Waals surface area contributed by atoms with E-state index in [4.69, 9.17) is 32.7 Å². The Hall–Kier alpha value is -4.27. The number of hydrazone groups is 1. The highest BCUT2D eigenvalue weighted by molar-refractivity contribution is 8.13. The van der Waals surface area contributed by atoms with E-state index >= 15 is 0 Å². The summed E-state index contributed by atoms with van der Waals surface area (Å²) in [4.78, 5) is 20.6. The number of hydrogen-bond acceptors (Lipinski definition) is 9. The molecular weight excluding hydrogens is 656 g/mol. The second-order valence-corrected chi connectivity index (χ2v) is 11.0. The Morgan fingerprint density at radius 2 is 1.73 bits per heavy atom. The van der Waals surface area contributed by atoms with Crippen LogP contribution in [0.5, 0.6) is 11.5 Å². The van der Waals surface area contributed by atoms with Gasteiger partial charge in [-0.1, -0.05) is 61.3 Å². The van der Waals surface area contributed by atoms with E-state index < -0.39 is 6.36 Å². The molecule has 0 aliphatic rings. The van der Waals surface area contributed by atoms with E-state index in [2.05, 4.69) is 30.3 Å². The van der Waals surface area contributed by atoms with Crippen LogP contribution in [0.2, 0.25) is 10.0 Å². The quantitative estimate of drug-likeness (QED) is 0.0598. The summed E-state index contributed by atoms with van der Waals surface area (Å²) < 4.78 is 53.0. The number of benzene rings is 3. The van der Waals surface area contributed by atoms with Crippen molar-refractivity contribution in [1.29, 1.82) is 0 Å². The van der Waals surface area contributed by atoms with Gasteiger partial charge in [0.15, 0.2) is 11.0 Å². The van der Waals surface area contributed by atoms with Gasteiger partial charge in [0, 0.05) is 17.7 Å². The highest BCUT2D eigenvalue weighted by atomic mass is 35.5. The Morgan fingerprint density at radius 1 is 1.07 bits per heavy atom. The van der Waals surface area contributed by atoms with E-state index in [-0.39, 0.29) is 44.5 Å². The zero-order chi connectivity index (χ0) is 32.6. The van der Waals surface area contributed by atoms with Crippen LogP contribution in [0.4, 0.5) is 18.9 Å². The molecule has 16 heteroatoms. The minimum Gasteiger partial charge on any atom is -0.497 e. The number of esters is 1. The van der Waals surface area contributed by atoms with E-state index in [1.807, 2.05) is 0 Å². The normalized spacial score (nSPS) is 12.1. The van der Waals surface area contributed by atoms with E-state index in [0.29, 0.717) is 22.8 Å². The van der Waals surface area contributed by atoms with Crippen LogP contribution in [0.3, 0.4) is 0 Å². The molecule has 1 N–H and O–H groups in total. The number of rotatable bonds is 10. The monoisotopic (exact) mass is 680 g/mol. The Morgan fingerprint density at radius 3 is 2.33 bits per heavy atom. The fraction of sp³-hybridized carbons (Fsp3) is 0.207. The third-order valence-corrected chi connectivity index (χ3v) is 6.95. The molecule has 4 aromatic rings. The highest BCUT2D eigenvalue weighted by Gasteiger charge is 2.31. The van der Waals surface area contributed by atoms with Gasteiger partial charge in [-0.3, -0.25) is 10.2 Å². The lowest BCUT2D eigenvalue weighted by atomic mass is 10.1. The number of alkyl halides is 3. The van der Waals surface area contributed by atoms with Crippen LogP contribution < -0.4 is 14.9 Å². The number of thioether (sulfide) groups is 1. The number of halogens is 5. The van der Waals surface area contributed by atoms with Crippen LogP contribution in [-0.2, 0) is 9.53 Å². The third kappa shape index (κ3) is 9.86. The number of carbonyl (C=O) groups excluding carboxylic acids is 1. The van der Waals surface area contributed by atoms with Crippen molar-refractivity contribution in [2.75, 3.05) is 13.0 Å². The predicted octanol–water partition coefficient (Wildman–Crippen LogP) is 7.65. The topological polar surface area (TPSA) is 112 Å². The number of nitrogens with zero attached hydrogens (tertiary/aromatic N) is 5. The fourth-order valence-electron chi connectivity index (χ4n) is 3.47. The van der Waals surface area contributed by atoms with E-state index in [0.717, 1.165) is 17.3 Å². The maximum absolute atomic E-state index is 12.4. The molecule has 4 rings (SSSR count). The molecule has 0 fully saturated rings. The molecule has 0 saturated heterocycles. The molecule has 1 heterocycles. The lowest BCUT2D eigenvalue weighted by Gasteiger charge is -2.10. The number of carbonyl (C=O) groups is 1. The van der Waals surface area contributed by atoms with Gasteiger partial charge in [0.2, 0.25) is 0 Å². The number of aliphatic imine (C=N–C) groups is 1. The molecular formula is C29H25Cl2F3N6O4S. The lowest BCUT2D eigenvalue weighted by Crippen LogP contribution is -2.17. The second kappa shape index (κ2) is 15.1. The Balaban J connectivity index is 1.44. The van der Waals surface area contributed by atoms with Crippen LogP contribution in [0.15, 0.2) is 77.1 Å². The van der Waals surface area contributed by atoms with E-state index in [1.54, 1.807) is 56.5 Å². The molecule has 3 aromatic carbocycles. The third-order valence-electron chi connectivity index (χ3n) is 5.68. The number of nitrogens with one attached hydrogen (secondary N) is 1. The van der Waals surface area contributed by atoms with Crippen molar-refractivity contribution in [2.45, 2.75) is 20.2 Å². The van der Waals surface area contributed by atoms with Gasteiger partial charge in [-0.15, -0.1) is 18.3 Å². The SMILES string of the molecule is COc1cc(Cl)c(N=C(N/N=C\c2ccc(-c3ncn(-c4ccc(OC(F)(F)F)cc4)n3)cc2)SCOC(=O)C(C)C)c(Cl)c1. The van der Waals surface area contributed by atoms with Crippen LogP contribution in [0.25, 0.3) is 17.1 Å². The zero-order valence-electron chi connectivity index (χ0n) is 23.9. The van der Waals surface area contributed by atoms with Gasteiger partial charge in [-0.2, -0.15) is 5.10 Å². The molecule has 0 bridgehead atoms. The van der Waals surface area contributed by atoms with Gasteiger partial charge in [0.25, 0.3) is 0 Å².